The van der Waals surface area contributed by atoms with Crippen LogP contribution in [0.4, 0.5) is 11.4 Å². The van der Waals surface area contributed by atoms with Gasteiger partial charge in [0.25, 0.3) is 11.4 Å². The fraction of sp³-hybridized carbons (Fsp3) is 0.632. The largest absolute Gasteiger partial charge is 0.493 e. The van der Waals surface area contributed by atoms with E-state index in [2.05, 4.69) is 53.5 Å². The fourth-order valence-electron chi connectivity index (χ4n) is 10.9. The maximum absolute atomic E-state index is 12.8. The molecule has 0 aromatic heterocycles. The third-order valence-corrected chi connectivity index (χ3v) is 17.2. The zero-order valence-electron chi connectivity index (χ0n) is 68.1. The minimum absolute atomic E-state index is 0.0333. The van der Waals surface area contributed by atoms with E-state index in [-0.39, 0.29) is 288 Å². The summed E-state index contributed by atoms with van der Waals surface area (Å²) in [5.41, 5.74) is 4.65. The van der Waals surface area contributed by atoms with Crippen molar-refractivity contribution in [1.29, 1.82) is 0 Å². The zero-order valence-corrected chi connectivity index (χ0v) is 68.1. The third kappa shape index (κ3) is 43.9. The fourth-order valence-corrected chi connectivity index (χ4v) is 10.9. The minimum Gasteiger partial charge on any atom is -0.493 e. The number of nitro benzene ring substituents is 2. The van der Waals surface area contributed by atoms with Gasteiger partial charge < -0.3 is 114 Å². The van der Waals surface area contributed by atoms with E-state index in [0.717, 1.165) is 0 Å². The van der Waals surface area contributed by atoms with Crippen molar-refractivity contribution in [1.82, 2.24) is 58.4 Å². The smallest absolute Gasteiger partial charge is 0.324 e. The van der Waals surface area contributed by atoms with Gasteiger partial charge in [0, 0.05) is 104 Å². The first-order valence-electron chi connectivity index (χ1n) is 39.3. The van der Waals surface area contributed by atoms with Crippen LogP contribution in [0.3, 0.4) is 0 Å². The van der Waals surface area contributed by atoms with Crippen molar-refractivity contribution in [2.75, 3.05) is 205 Å². The lowest BCUT2D eigenvalue weighted by Gasteiger charge is -2.19. The molecule has 2 aliphatic rings. The van der Waals surface area contributed by atoms with Crippen molar-refractivity contribution in [3.05, 3.63) is 79.9 Å². The molecule has 0 radical (unpaired) electrons. The molecule has 2 aromatic rings. The number of hydrogen-bond acceptors (Lipinski definition) is 35. The molecule has 10 N–H and O–H groups in total. The molecule has 0 saturated carbocycles. The van der Waals surface area contributed by atoms with E-state index in [1.165, 1.54) is 62.8 Å². The molecule has 119 heavy (non-hydrogen) atoms. The van der Waals surface area contributed by atoms with Gasteiger partial charge in [-0.15, -0.1) is 0 Å². The van der Waals surface area contributed by atoms with Crippen LogP contribution in [0.1, 0.15) is 108 Å². The van der Waals surface area contributed by atoms with Crippen molar-refractivity contribution in [2.24, 2.45) is 0 Å². The van der Waals surface area contributed by atoms with Gasteiger partial charge in [0.05, 0.1) is 191 Å². The van der Waals surface area contributed by atoms with E-state index in [1.807, 2.05) is 11.8 Å². The number of ketones is 4. The summed E-state index contributed by atoms with van der Waals surface area (Å²) in [6, 6.07) is 1.72. The van der Waals surface area contributed by atoms with Gasteiger partial charge in [-0.2, -0.15) is 11.0 Å². The van der Waals surface area contributed by atoms with Crippen LogP contribution >= 0.6 is 0 Å². The molecule has 0 bridgehead atoms. The van der Waals surface area contributed by atoms with E-state index in [1.54, 1.807) is 13.8 Å². The van der Waals surface area contributed by atoms with Crippen molar-refractivity contribution in [3.8, 4) is 23.0 Å². The number of hydrogen-bond donors (Lipinski definition) is 10. The van der Waals surface area contributed by atoms with E-state index < -0.39 is 57.8 Å². The number of carbonyl (C=O) groups is 12. The number of nitrogens with one attached hydrogen (secondary N) is 10. The average molecular weight is 1690 g/mol. The molecule has 664 valence electrons. The Labute approximate surface area is 688 Å². The average Bonchev–Trinajstić information content (AvgIpc) is 1.61. The number of methoxy groups -OCH3 is 2. The Morgan fingerprint density at radius 3 is 1.03 bits per heavy atom. The standard InChI is InChI=1S/C76H115N13O30/c1-6-87(29-17-69(96)77-23-25-83-118-73(100)9-7-31-116-65-51-57(88(102)103)55(49-63(65)106-4)53(2)85-71(98)19-33-108-37-41-112-45-47-114-43-39-110-35-27-79-67(94)15-21-81-75-59(90)11-12-60(75)91)30-18-70(97)78-24-26-84-119-74(101)10-8-32-117-66-52-58(89(104)105)56(50-64(66)107-5)54(3)86-72(99)20-34-109-38-42-113-46-48-115-44-40-111-36-28-80-68(95)16-22-82-76-61(92)13-14-62(76)93/h11-14,49-54,75-76,81-84H,6-10,15-48H2,1-5H3,(H,77,96)(H,78,97)(H,79,94)(H,80,95)(H,85,98)(H,86,99). The normalized spacial score (nSPS) is 13.1. The summed E-state index contributed by atoms with van der Waals surface area (Å²) in [6.07, 6.45) is 5.39. The molecule has 0 saturated heterocycles. The van der Waals surface area contributed by atoms with Crippen molar-refractivity contribution < 1.29 is 134 Å². The molecule has 4 rings (SSSR count). The van der Waals surface area contributed by atoms with Crippen LogP contribution in [0, 0.1) is 20.2 Å². The SMILES string of the molecule is CCN(CCC(=O)NCCNOC(=O)CCCOc1cc([N+](=O)[O-])c(C(C)NC(=O)CCOCCOCCOCCOCCNC(=O)CCNC2C(=O)C=CC2=O)cc1OC)CCC(=O)NCCNOC(=O)CCCOc1cc([N+](=O)[O-])c(C(C)NC(=O)CCOCCOCCOCCOCCNC(=O)CCNC2C(=O)C=CC2=O)cc1OC. The second-order valence-corrected chi connectivity index (χ2v) is 26.1. The molecular weight excluding hydrogens is 1570 g/mol. The third-order valence-electron chi connectivity index (χ3n) is 17.2. The lowest BCUT2D eigenvalue weighted by molar-refractivity contribution is -0.386. The second kappa shape index (κ2) is 61.2. The first kappa shape index (κ1) is 101. The van der Waals surface area contributed by atoms with Gasteiger partial charge in [-0.1, -0.05) is 6.92 Å². The Kier molecular flexibility index (Phi) is 52.0. The summed E-state index contributed by atoms with van der Waals surface area (Å²) in [7, 11) is 2.70. The second-order valence-electron chi connectivity index (χ2n) is 26.1. The molecule has 2 atom stereocenters. The molecule has 0 aliphatic heterocycles. The lowest BCUT2D eigenvalue weighted by atomic mass is 10.0. The van der Waals surface area contributed by atoms with E-state index in [0.29, 0.717) is 59.3 Å². The van der Waals surface area contributed by atoms with Crippen LogP contribution < -0.4 is 72.4 Å². The molecule has 2 aliphatic carbocycles. The first-order chi connectivity index (χ1) is 57.4. The van der Waals surface area contributed by atoms with Crippen molar-refractivity contribution in [3.63, 3.8) is 0 Å². The highest BCUT2D eigenvalue weighted by Crippen LogP contribution is 2.39. The van der Waals surface area contributed by atoms with E-state index in [4.69, 9.17) is 66.5 Å². The highest BCUT2D eigenvalue weighted by atomic mass is 16.7. The summed E-state index contributed by atoms with van der Waals surface area (Å²) >= 11 is 0. The highest BCUT2D eigenvalue weighted by molar-refractivity contribution is 6.22. The number of amides is 6. The van der Waals surface area contributed by atoms with Crippen LogP contribution in [0.5, 0.6) is 23.0 Å². The van der Waals surface area contributed by atoms with Gasteiger partial charge in [-0.25, -0.2) is 0 Å². The van der Waals surface area contributed by atoms with Crippen LogP contribution in [-0.4, -0.2) is 302 Å². The monoisotopic (exact) mass is 1690 g/mol. The molecule has 2 aromatic carbocycles. The zero-order chi connectivity index (χ0) is 86.8. The quantitative estimate of drug-likeness (QED) is 0.0174. The molecular formula is C76H115N13O30. The predicted molar refractivity (Wildman–Crippen MR) is 420 cm³/mol. The molecule has 43 nitrogen and oxygen atoms in total. The van der Waals surface area contributed by atoms with Gasteiger partial charge in [0.2, 0.25) is 35.4 Å². The van der Waals surface area contributed by atoms with Crippen LogP contribution in [0.15, 0.2) is 48.6 Å². The molecule has 0 heterocycles. The topological polar surface area (TPSA) is 544 Å². The van der Waals surface area contributed by atoms with Crippen molar-refractivity contribution in [2.45, 2.75) is 109 Å². The number of rotatable bonds is 71. The predicted octanol–water partition coefficient (Wildman–Crippen LogP) is -0.419. The Hall–Kier alpha value is -10.2. The van der Waals surface area contributed by atoms with Gasteiger partial charge >= 0.3 is 11.9 Å². The minimum atomic E-state index is -0.915. The number of carbonyl (C=O) groups excluding carboxylic acids is 12. The first-order valence-corrected chi connectivity index (χ1v) is 39.3. The number of nitrogens with zero attached hydrogens (tertiary/aromatic N) is 3. The maximum atomic E-state index is 12.8. The number of ether oxygens (including phenoxy) is 12. The Morgan fingerprint density at radius 2 is 0.706 bits per heavy atom. The van der Waals surface area contributed by atoms with Crippen LogP contribution in [0.2, 0.25) is 0 Å². The van der Waals surface area contributed by atoms with Crippen LogP contribution in [0.25, 0.3) is 0 Å². The van der Waals surface area contributed by atoms with Gasteiger partial charge in [0.15, 0.2) is 46.1 Å². The Bertz CT molecular complexity index is 3350. The lowest BCUT2D eigenvalue weighted by Crippen LogP contribution is -2.41. The molecule has 6 amide bonds. The molecule has 43 heteroatoms. The maximum Gasteiger partial charge on any atom is 0.324 e. The van der Waals surface area contributed by atoms with E-state index in [9.17, 15) is 77.8 Å². The summed E-state index contributed by atoms with van der Waals surface area (Å²) < 4.78 is 66.1. The molecule has 0 spiro atoms. The number of hydroxylamine groups is 2. The van der Waals surface area contributed by atoms with Gasteiger partial charge in [-0.05, 0) is 69.7 Å². The number of nitro groups is 2. The summed E-state index contributed by atoms with van der Waals surface area (Å²) in [5, 5.41) is 46.1. The van der Waals surface area contributed by atoms with Crippen LogP contribution in [-0.2, 0) is 105 Å². The van der Waals surface area contributed by atoms with E-state index >= 15 is 0 Å². The molecule has 2 unspecified atom stereocenters. The summed E-state index contributed by atoms with van der Waals surface area (Å²) in [4.78, 5) is 181. The summed E-state index contributed by atoms with van der Waals surface area (Å²) in [6.45, 7) is 11.6. The Balaban J connectivity index is 0.942. The van der Waals surface area contributed by atoms with Crippen molar-refractivity contribution >= 4 is 81.9 Å². The van der Waals surface area contributed by atoms with Gasteiger partial charge in [0.1, 0.15) is 12.1 Å². The van der Waals surface area contributed by atoms with Gasteiger partial charge in [-0.3, -0.25) is 77.8 Å². The molecule has 0 fully saturated rings. The Morgan fingerprint density at radius 1 is 0.387 bits per heavy atom. The summed E-state index contributed by atoms with van der Waals surface area (Å²) in [5.74, 6) is -4.03. The highest BCUT2D eigenvalue weighted by Gasteiger charge is 2.30. The number of benzene rings is 2.